The van der Waals surface area contributed by atoms with Crippen molar-refractivity contribution in [1.29, 1.82) is 0 Å². The monoisotopic (exact) mass is 378 g/mol. The van der Waals surface area contributed by atoms with Crippen molar-refractivity contribution in [2.24, 2.45) is 4.99 Å². The number of nitrogens with one attached hydrogen (secondary N) is 2. The first-order valence-corrected chi connectivity index (χ1v) is 9.33. The molecule has 6 heteroatoms. The molecule has 28 heavy (non-hydrogen) atoms. The third-order valence-corrected chi connectivity index (χ3v) is 4.63. The molecule has 1 aliphatic heterocycles. The molecule has 0 atom stereocenters. The number of hydrogen-bond donors (Lipinski definition) is 2. The standard InChI is InChI=1S/C22H26N4O2/c1-23-22(24-16-21(27)25-19-8-4-3-5-9-19)26-13-11-17(12-14-26)18-7-6-10-20(15-18)28-2/h3-11,15H,12-14,16H2,1-2H3,(H,23,24)(H,25,27). The van der Waals surface area contributed by atoms with Crippen molar-refractivity contribution in [2.75, 3.05) is 39.1 Å². The average Bonchev–Trinajstić information content (AvgIpc) is 2.75. The fourth-order valence-corrected chi connectivity index (χ4v) is 3.16. The van der Waals surface area contributed by atoms with Crippen LogP contribution in [-0.4, -0.2) is 50.6 Å². The van der Waals surface area contributed by atoms with Crippen LogP contribution in [0.25, 0.3) is 5.57 Å². The number of hydrogen-bond acceptors (Lipinski definition) is 3. The lowest BCUT2D eigenvalue weighted by Gasteiger charge is -2.29. The van der Waals surface area contributed by atoms with Crippen molar-refractivity contribution in [3.63, 3.8) is 0 Å². The number of amides is 1. The third kappa shape index (κ3) is 5.13. The van der Waals surface area contributed by atoms with Crippen molar-refractivity contribution < 1.29 is 9.53 Å². The van der Waals surface area contributed by atoms with Crippen LogP contribution in [-0.2, 0) is 4.79 Å². The lowest BCUT2D eigenvalue weighted by atomic mass is 9.99. The van der Waals surface area contributed by atoms with Gasteiger partial charge in [0.2, 0.25) is 5.91 Å². The number of para-hydroxylation sites is 1. The Balaban J connectivity index is 1.54. The second kappa shape index (κ2) is 9.60. The van der Waals surface area contributed by atoms with Gasteiger partial charge in [-0.2, -0.15) is 0 Å². The molecular formula is C22H26N4O2. The van der Waals surface area contributed by atoms with E-state index in [1.165, 1.54) is 11.1 Å². The van der Waals surface area contributed by atoms with Gasteiger partial charge in [0.1, 0.15) is 5.75 Å². The molecule has 0 saturated heterocycles. The molecule has 1 amide bonds. The predicted molar refractivity (Wildman–Crippen MR) is 114 cm³/mol. The number of rotatable bonds is 5. The molecule has 0 saturated carbocycles. The number of nitrogens with zero attached hydrogens (tertiary/aromatic N) is 2. The van der Waals surface area contributed by atoms with E-state index < -0.39 is 0 Å². The van der Waals surface area contributed by atoms with E-state index in [1.807, 2.05) is 42.5 Å². The smallest absolute Gasteiger partial charge is 0.243 e. The Morgan fingerprint density at radius 1 is 1.18 bits per heavy atom. The van der Waals surface area contributed by atoms with E-state index in [9.17, 15) is 4.79 Å². The zero-order valence-electron chi connectivity index (χ0n) is 16.3. The van der Waals surface area contributed by atoms with Crippen LogP contribution in [0.5, 0.6) is 5.75 Å². The molecule has 2 aromatic carbocycles. The molecular weight excluding hydrogens is 352 g/mol. The number of benzene rings is 2. The molecule has 1 heterocycles. The number of anilines is 1. The molecule has 0 aliphatic carbocycles. The van der Waals surface area contributed by atoms with E-state index in [0.717, 1.165) is 36.9 Å². The van der Waals surface area contributed by atoms with Crippen LogP contribution in [0.1, 0.15) is 12.0 Å². The fraction of sp³-hybridized carbons (Fsp3) is 0.273. The van der Waals surface area contributed by atoms with Gasteiger partial charge in [0, 0.05) is 25.8 Å². The molecule has 3 rings (SSSR count). The topological polar surface area (TPSA) is 66.0 Å². The summed E-state index contributed by atoms with van der Waals surface area (Å²) >= 11 is 0. The Kier molecular flexibility index (Phi) is 6.68. The van der Waals surface area contributed by atoms with Gasteiger partial charge in [-0.15, -0.1) is 0 Å². The van der Waals surface area contributed by atoms with Gasteiger partial charge in [0.05, 0.1) is 13.7 Å². The molecule has 146 valence electrons. The molecule has 0 radical (unpaired) electrons. The highest BCUT2D eigenvalue weighted by atomic mass is 16.5. The molecule has 0 bridgehead atoms. The van der Waals surface area contributed by atoms with Crippen molar-refractivity contribution in [3.05, 3.63) is 66.2 Å². The van der Waals surface area contributed by atoms with Gasteiger partial charge in [0.15, 0.2) is 5.96 Å². The molecule has 0 fully saturated rings. The van der Waals surface area contributed by atoms with E-state index in [1.54, 1.807) is 14.2 Å². The fourth-order valence-electron chi connectivity index (χ4n) is 3.16. The number of carbonyl (C=O) groups is 1. The average molecular weight is 378 g/mol. The van der Waals surface area contributed by atoms with E-state index in [4.69, 9.17) is 4.74 Å². The van der Waals surface area contributed by atoms with E-state index >= 15 is 0 Å². The minimum absolute atomic E-state index is 0.100. The third-order valence-electron chi connectivity index (χ3n) is 4.63. The first-order chi connectivity index (χ1) is 13.7. The van der Waals surface area contributed by atoms with Gasteiger partial charge < -0.3 is 20.3 Å². The summed E-state index contributed by atoms with van der Waals surface area (Å²) in [5, 5.41) is 6.01. The second-order valence-corrected chi connectivity index (χ2v) is 6.47. The zero-order chi connectivity index (χ0) is 19.8. The molecule has 2 N–H and O–H groups in total. The molecule has 1 aliphatic rings. The van der Waals surface area contributed by atoms with Crippen LogP contribution < -0.4 is 15.4 Å². The van der Waals surface area contributed by atoms with E-state index in [2.05, 4.69) is 38.7 Å². The van der Waals surface area contributed by atoms with Crippen LogP contribution in [0.2, 0.25) is 0 Å². The number of guanidine groups is 1. The summed E-state index contributed by atoms with van der Waals surface area (Å²) in [4.78, 5) is 18.6. The number of methoxy groups -OCH3 is 1. The Hall–Kier alpha value is -3.28. The van der Waals surface area contributed by atoms with Gasteiger partial charge in [-0.05, 0) is 41.8 Å². The summed E-state index contributed by atoms with van der Waals surface area (Å²) in [7, 11) is 3.42. The highest BCUT2D eigenvalue weighted by Gasteiger charge is 2.17. The van der Waals surface area contributed by atoms with Gasteiger partial charge in [-0.3, -0.25) is 9.79 Å². The number of carbonyl (C=O) groups excluding carboxylic acids is 1. The highest BCUT2D eigenvalue weighted by molar-refractivity contribution is 5.95. The van der Waals surface area contributed by atoms with Crippen LogP contribution in [0, 0.1) is 0 Å². The van der Waals surface area contributed by atoms with Crippen molar-refractivity contribution in [3.8, 4) is 5.75 Å². The minimum atomic E-state index is -0.100. The van der Waals surface area contributed by atoms with Crippen molar-refractivity contribution in [2.45, 2.75) is 6.42 Å². The largest absolute Gasteiger partial charge is 0.497 e. The van der Waals surface area contributed by atoms with Gasteiger partial charge in [-0.25, -0.2) is 0 Å². The quantitative estimate of drug-likeness (QED) is 0.620. The van der Waals surface area contributed by atoms with E-state index in [0.29, 0.717) is 0 Å². The first kappa shape index (κ1) is 19.5. The summed E-state index contributed by atoms with van der Waals surface area (Å²) in [6.45, 7) is 1.75. The normalized spacial score (nSPS) is 14.3. The summed E-state index contributed by atoms with van der Waals surface area (Å²) in [5.41, 5.74) is 3.27. The Labute approximate surface area is 165 Å². The molecule has 0 aromatic heterocycles. The highest BCUT2D eigenvalue weighted by Crippen LogP contribution is 2.25. The SMILES string of the molecule is CN=C(NCC(=O)Nc1ccccc1)N1CC=C(c2cccc(OC)c2)CC1. The maximum absolute atomic E-state index is 12.1. The number of ether oxygens (including phenoxy) is 1. The lowest BCUT2D eigenvalue weighted by molar-refractivity contribution is -0.115. The maximum atomic E-state index is 12.1. The molecule has 6 nitrogen and oxygen atoms in total. The summed E-state index contributed by atoms with van der Waals surface area (Å²) in [5.74, 6) is 1.49. The van der Waals surface area contributed by atoms with E-state index in [-0.39, 0.29) is 12.5 Å². The number of aliphatic imine (C=N–C) groups is 1. The Morgan fingerprint density at radius 2 is 2.00 bits per heavy atom. The minimum Gasteiger partial charge on any atom is -0.497 e. The van der Waals surface area contributed by atoms with Gasteiger partial charge >= 0.3 is 0 Å². The van der Waals surface area contributed by atoms with Gasteiger partial charge in [-0.1, -0.05) is 36.4 Å². The second-order valence-electron chi connectivity index (χ2n) is 6.47. The van der Waals surface area contributed by atoms with Gasteiger partial charge in [0.25, 0.3) is 0 Å². The lowest BCUT2D eigenvalue weighted by Crippen LogP contribution is -2.45. The predicted octanol–water partition coefficient (Wildman–Crippen LogP) is 3.00. The van der Waals surface area contributed by atoms with Crippen LogP contribution in [0.4, 0.5) is 5.69 Å². The zero-order valence-corrected chi connectivity index (χ0v) is 16.3. The molecule has 0 spiro atoms. The Morgan fingerprint density at radius 3 is 2.68 bits per heavy atom. The summed E-state index contributed by atoms with van der Waals surface area (Å²) in [6, 6.07) is 17.5. The summed E-state index contributed by atoms with van der Waals surface area (Å²) in [6.07, 6.45) is 3.11. The Bertz CT molecular complexity index is 862. The summed E-state index contributed by atoms with van der Waals surface area (Å²) < 4.78 is 5.31. The van der Waals surface area contributed by atoms with Crippen LogP contribution in [0.3, 0.4) is 0 Å². The van der Waals surface area contributed by atoms with Crippen LogP contribution in [0.15, 0.2) is 65.7 Å². The molecule has 0 unspecified atom stereocenters. The maximum Gasteiger partial charge on any atom is 0.243 e. The first-order valence-electron chi connectivity index (χ1n) is 9.33. The van der Waals surface area contributed by atoms with Crippen molar-refractivity contribution >= 4 is 23.1 Å². The molecule has 2 aromatic rings. The van der Waals surface area contributed by atoms with Crippen LogP contribution >= 0.6 is 0 Å². The van der Waals surface area contributed by atoms with Crippen molar-refractivity contribution in [1.82, 2.24) is 10.2 Å².